The topological polar surface area (TPSA) is 80.1 Å². The predicted molar refractivity (Wildman–Crippen MR) is 119 cm³/mol. The highest BCUT2D eigenvalue weighted by molar-refractivity contribution is 5.95. The van der Waals surface area contributed by atoms with Crippen LogP contribution >= 0.6 is 0 Å². The van der Waals surface area contributed by atoms with E-state index in [1.807, 2.05) is 54.6 Å². The summed E-state index contributed by atoms with van der Waals surface area (Å²) in [7, 11) is 0. The summed E-state index contributed by atoms with van der Waals surface area (Å²) in [4.78, 5) is 24.3. The zero-order valence-electron chi connectivity index (χ0n) is 17.5. The molecule has 160 valence electrons. The van der Waals surface area contributed by atoms with E-state index in [4.69, 9.17) is 4.74 Å². The molecule has 0 fully saturated rings. The van der Waals surface area contributed by atoms with Crippen molar-refractivity contribution in [3.63, 3.8) is 0 Å². The van der Waals surface area contributed by atoms with Crippen molar-refractivity contribution in [2.45, 2.75) is 51.0 Å². The molecule has 0 saturated carbocycles. The zero-order valence-corrected chi connectivity index (χ0v) is 17.5. The predicted octanol–water partition coefficient (Wildman–Crippen LogP) is 5.26. The van der Waals surface area contributed by atoms with Crippen LogP contribution in [0.25, 0.3) is 0 Å². The Labute approximate surface area is 182 Å². The van der Waals surface area contributed by atoms with E-state index >= 15 is 0 Å². The molecule has 2 aromatic rings. The van der Waals surface area contributed by atoms with Crippen LogP contribution in [-0.4, -0.2) is 24.5 Å². The third-order valence-corrected chi connectivity index (χ3v) is 5.66. The maximum Gasteiger partial charge on any atom is 0.291 e. The first-order chi connectivity index (χ1) is 15.2. The number of para-hydroxylation sites is 1. The quantitative estimate of drug-likeness (QED) is 0.595. The second kappa shape index (κ2) is 10.2. The lowest BCUT2D eigenvalue weighted by atomic mass is 9.84. The van der Waals surface area contributed by atoms with Crippen molar-refractivity contribution in [2.75, 3.05) is 11.9 Å². The highest BCUT2D eigenvalue weighted by Gasteiger charge is 2.28. The molecule has 1 heterocycles. The highest BCUT2D eigenvalue weighted by Crippen LogP contribution is 2.33. The number of nitrogens with one attached hydrogen (secondary N) is 1. The van der Waals surface area contributed by atoms with Crippen molar-refractivity contribution in [1.82, 2.24) is 0 Å². The molecule has 0 aromatic heterocycles. The van der Waals surface area contributed by atoms with E-state index in [1.165, 1.54) is 0 Å². The monoisotopic (exact) mass is 417 g/mol. The number of carbonyl (C=O) groups excluding carboxylic acids is 2. The number of hydrogen-bond acceptors (Lipinski definition) is 4. The molecule has 2 aliphatic rings. The second-order valence-electron chi connectivity index (χ2n) is 7.97. The Kier molecular flexibility index (Phi) is 6.87. The van der Waals surface area contributed by atoms with Gasteiger partial charge in [0.25, 0.3) is 5.91 Å². The fraction of sp³-hybridized carbons (Fsp3) is 0.360. The van der Waals surface area contributed by atoms with Crippen LogP contribution in [0.4, 0.5) is 5.69 Å². The van der Waals surface area contributed by atoms with E-state index in [0.29, 0.717) is 25.9 Å². The number of carbonyl (C=O) groups is 2. The Balaban J connectivity index is 1.29. The average Bonchev–Trinajstić information content (AvgIpc) is 2.80. The fourth-order valence-corrected chi connectivity index (χ4v) is 4.12. The highest BCUT2D eigenvalue weighted by atomic mass is 16.5. The van der Waals surface area contributed by atoms with Crippen molar-refractivity contribution in [2.24, 2.45) is 10.2 Å². The van der Waals surface area contributed by atoms with Gasteiger partial charge in [-0.2, -0.15) is 5.11 Å². The second-order valence-corrected chi connectivity index (χ2v) is 7.97. The van der Waals surface area contributed by atoms with E-state index in [-0.39, 0.29) is 17.9 Å². The summed E-state index contributed by atoms with van der Waals surface area (Å²) in [6, 6.07) is 17.3. The molecule has 6 nitrogen and oxygen atoms in total. The molecule has 31 heavy (non-hydrogen) atoms. The van der Waals surface area contributed by atoms with E-state index < -0.39 is 0 Å². The maximum absolute atomic E-state index is 12.3. The summed E-state index contributed by atoms with van der Waals surface area (Å²) < 4.78 is 5.63. The molecule has 1 aliphatic heterocycles. The first-order valence-electron chi connectivity index (χ1n) is 10.9. The number of hydrogen-bond donors (Lipinski definition) is 1. The standard InChI is InChI=1S/C25H27N3O3/c29-24(14-7-15-31-20-10-2-1-3-11-20)26-19-9-6-8-18(16-19)17-23-21-12-4-5-13-22(21)25(30)28-27-23/h1-3,6,8-11,16,23H,4-5,7,12-15,17H2,(H,26,29). The summed E-state index contributed by atoms with van der Waals surface area (Å²) in [6.07, 6.45) is 5.61. The van der Waals surface area contributed by atoms with E-state index in [2.05, 4.69) is 15.5 Å². The first kappa shape index (κ1) is 21.0. The normalized spacial score (nSPS) is 17.9. The Morgan fingerprint density at radius 3 is 2.77 bits per heavy atom. The van der Waals surface area contributed by atoms with Crippen LogP contribution in [0.2, 0.25) is 0 Å². The summed E-state index contributed by atoms with van der Waals surface area (Å²) in [5, 5.41) is 11.1. The van der Waals surface area contributed by atoms with Crippen LogP contribution in [0.1, 0.15) is 44.1 Å². The maximum atomic E-state index is 12.3. The molecule has 1 atom stereocenters. The Hall–Kier alpha value is -3.28. The van der Waals surface area contributed by atoms with Crippen LogP contribution in [0.15, 0.2) is 76.0 Å². The number of amides is 2. The minimum atomic E-state index is -0.164. The van der Waals surface area contributed by atoms with Gasteiger partial charge in [-0.1, -0.05) is 30.3 Å². The van der Waals surface area contributed by atoms with Crippen LogP contribution in [0.5, 0.6) is 5.75 Å². The molecule has 4 rings (SSSR count). The van der Waals surface area contributed by atoms with Gasteiger partial charge in [0.15, 0.2) is 0 Å². The molecule has 0 spiro atoms. The smallest absolute Gasteiger partial charge is 0.291 e. The zero-order chi connectivity index (χ0) is 21.5. The third kappa shape index (κ3) is 5.66. The van der Waals surface area contributed by atoms with Crippen LogP contribution in [-0.2, 0) is 16.0 Å². The first-order valence-corrected chi connectivity index (χ1v) is 10.9. The lowest BCUT2D eigenvalue weighted by Crippen LogP contribution is -2.23. The molecule has 0 saturated heterocycles. The molecule has 2 amide bonds. The van der Waals surface area contributed by atoms with Crippen LogP contribution < -0.4 is 10.1 Å². The average molecular weight is 418 g/mol. The minimum Gasteiger partial charge on any atom is -0.494 e. The molecular weight excluding hydrogens is 390 g/mol. The van der Waals surface area contributed by atoms with Gasteiger partial charge in [-0.15, -0.1) is 5.11 Å². The number of benzene rings is 2. The minimum absolute atomic E-state index is 0.0333. The van der Waals surface area contributed by atoms with Crippen molar-refractivity contribution in [3.8, 4) is 5.75 Å². The number of rotatable bonds is 8. The molecule has 1 N–H and O–H groups in total. The number of nitrogens with zero attached hydrogens (tertiary/aromatic N) is 2. The van der Waals surface area contributed by atoms with Crippen molar-refractivity contribution in [3.05, 3.63) is 71.3 Å². The van der Waals surface area contributed by atoms with Gasteiger partial charge in [-0.3, -0.25) is 9.59 Å². The Bertz CT molecular complexity index is 998. The fourth-order valence-electron chi connectivity index (χ4n) is 4.12. The number of ether oxygens (including phenoxy) is 1. The van der Waals surface area contributed by atoms with Gasteiger partial charge in [-0.05, 0) is 67.5 Å². The molecule has 6 heteroatoms. The number of azo groups is 1. The van der Waals surface area contributed by atoms with Crippen molar-refractivity contribution < 1.29 is 14.3 Å². The van der Waals surface area contributed by atoms with Crippen LogP contribution in [0, 0.1) is 0 Å². The molecule has 0 radical (unpaired) electrons. The summed E-state index contributed by atoms with van der Waals surface area (Å²) in [5.74, 6) is 0.616. The SMILES string of the molecule is O=C(CCCOc1ccccc1)Nc1cccc(CC2N=NC(=O)C3=C2CCCC3)c1. The molecule has 1 aliphatic carbocycles. The molecule has 0 bridgehead atoms. The van der Waals surface area contributed by atoms with Crippen molar-refractivity contribution >= 4 is 17.5 Å². The van der Waals surface area contributed by atoms with E-state index in [1.54, 1.807) is 0 Å². The third-order valence-electron chi connectivity index (χ3n) is 5.66. The van der Waals surface area contributed by atoms with E-state index in [0.717, 1.165) is 53.8 Å². The van der Waals surface area contributed by atoms with Gasteiger partial charge in [0.05, 0.1) is 12.6 Å². The lowest BCUT2D eigenvalue weighted by molar-refractivity contribution is -0.116. The van der Waals surface area contributed by atoms with Gasteiger partial charge < -0.3 is 10.1 Å². The molecule has 1 unspecified atom stereocenters. The van der Waals surface area contributed by atoms with Gasteiger partial charge in [0.2, 0.25) is 5.91 Å². The largest absolute Gasteiger partial charge is 0.494 e. The summed E-state index contributed by atoms with van der Waals surface area (Å²) in [6.45, 7) is 0.500. The Morgan fingerprint density at radius 1 is 1.06 bits per heavy atom. The van der Waals surface area contributed by atoms with Gasteiger partial charge >= 0.3 is 0 Å². The number of anilines is 1. The van der Waals surface area contributed by atoms with Crippen molar-refractivity contribution in [1.29, 1.82) is 0 Å². The van der Waals surface area contributed by atoms with Gasteiger partial charge in [0.1, 0.15) is 5.75 Å². The lowest BCUT2D eigenvalue weighted by Gasteiger charge is -2.25. The molecule has 2 aromatic carbocycles. The van der Waals surface area contributed by atoms with E-state index in [9.17, 15) is 9.59 Å². The van der Waals surface area contributed by atoms with Gasteiger partial charge in [-0.25, -0.2) is 0 Å². The summed E-state index contributed by atoms with van der Waals surface area (Å²) >= 11 is 0. The van der Waals surface area contributed by atoms with Gasteiger partial charge in [0, 0.05) is 24.1 Å². The Morgan fingerprint density at radius 2 is 1.90 bits per heavy atom. The van der Waals surface area contributed by atoms with Crippen LogP contribution in [0.3, 0.4) is 0 Å². The summed E-state index contributed by atoms with van der Waals surface area (Å²) in [5.41, 5.74) is 3.86. The molecular formula is C25H27N3O3.